The Labute approximate surface area is 197 Å². The third-order valence-electron chi connectivity index (χ3n) is 5.29. The van der Waals surface area contributed by atoms with Crippen molar-refractivity contribution in [2.75, 3.05) is 11.9 Å². The predicted octanol–water partition coefficient (Wildman–Crippen LogP) is 5.11. The number of carbonyl (C=O) groups is 1. The highest BCUT2D eigenvalue weighted by Crippen LogP contribution is 2.30. The molecule has 1 amide bonds. The molecular formula is C26H22ClN5O. The highest BCUT2D eigenvalue weighted by Gasteiger charge is 2.20. The van der Waals surface area contributed by atoms with E-state index in [9.17, 15) is 4.79 Å². The molecule has 164 valence electrons. The van der Waals surface area contributed by atoms with Gasteiger partial charge < -0.3 is 10.6 Å². The number of halogens is 1. The fraction of sp³-hybridized carbons (Fsp3) is 0.115. The molecule has 3 aromatic carbocycles. The Balaban J connectivity index is 1.45. The summed E-state index contributed by atoms with van der Waals surface area (Å²) in [6, 6.07) is 24.1. The number of H-pyrrole nitrogens is 1. The molecule has 0 aliphatic heterocycles. The molecule has 4 rings (SSSR count). The minimum absolute atomic E-state index is 0.173. The number of nitrogens with one attached hydrogen (secondary N) is 3. The summed E-state index contributed by atoms with van der Waals surface area (Å²) < 4.78 is 0. The quantitative estimate of drug-likeness (QED) is 0.344. The summed E-state index contributed by atoms with van der Waals surface area (Å²) in [5.41, 5.74) is 4.93. The predicted molar refractivity (Wildman–Crippen MR) is 130 cm³/mol. The van der Waals surface area contributed by atoms with E-state index in [1.165, 1.54) is 0 Å². The number of amides is 1. The molecule has 7 heteroatoms. The molecular weight excluding hydrogens is 434 g/mol. The van der Waals surface area contributed by atoms with E-state index in [0.29, 0.717) is 22.8 Å². The van der Waals surface area contributed by atoms with Gasteiger partial charge in [-0.05, 0) is 41.8 Å². The molecule has 33 heavy (non-hydrogen) atoms. The van der Waals surface area contributed by atoms with Crippen LogP contribution in [-0.2, 0) is 11.2 Å². The van der Waals surface area contributed by atoms with Gasteiger partial charge in [-0.15, -0.1) is 0 Å². The zero-order valence-corrected chi connectivity index (χ0v) is 18.5. The van der Waals surface area contributed by atoms with Crippen molar-refractivity contribution < 1.29 is 4.79 Å². The number of aromatic amines is 1. The molecule has 6 nitrogen and oxygen atoms in total. The lowest BCUT2D eigenvalue weighted by Crippen LogP contribution is -2.34. The minimum Gasteiger partial charge on any atom is -0.324 e. The average Bonchev–Trinajstić information content (AvgIpc) is 3.37. The molecule has 0 fully saturated rings. The molecule has 0 saturated heterocycles. The first-order valence-corrected chi connectivity index (χ1v) is 10.9. The minimum atomic E-state index is -0.531. The van der Waals surface area contributed by atoms with Gasteiger partial charge in [0.25, 0.3) is 0 Å². The molecule has 1 atom stereocenters. The molecule has 0 bridgehead atoms. The Morgan fingerprint density at radius 3 is 2.55 bits per heavy atom. The Kier molecular flexibility index (Phi) is 7.16. The molecule has 1 aromatic heterocycles. The van der Waals surface area contributed by atoms with Gasteiger partial charge in [0.1, 0.15) is 6.04 Å². The van der Waals surface area contributed by atoms with Crippen molar-refractivity contribution in [3.8, 4) is 17.2 Å². The lowest BCUT2D eigenvalue weighted by Gasteiger charge is -2.19. The van der Waals surface area contributed by atoms with Gasteiger partial charge in [0.05, 0.1) is 22.9 Å². The first-order valence-electron chi connectivity index (χ1n) is 10.5. The van der Waals surface area contributed by atoms with Crippen molar-refractivity contribution in [1.82, 2.24) is 15.5 Å². The SMILES string of the molecule is N#Cc1ccc(CCNC(C(=O)Nc2ccc(-c3cn[nH]c3)c(Cl)c2)c2ccccc2)cc1. The number of carbonyl (C=O) groups excluding carboxylic acids is 1. The summed E-state index contributed by atoms with van der Waals surface area (Å²) in [7, 11) is 0. The molecule has 0 radical (unpaired) electrons. The van der Waals surface area contributed by atoms with E-state index in [1.54, 1.807) is 30.6 Å². The van der Waals surface area contributed by atoms with Gasteiger partial charge in [-0.3, -0.25) is 9.89 Å². The Morgan fingerprint density at radius 1 is 1.09 bits per heavy atom. The first kappa shape index (κ1) is 22.3. The maximum atomic E-state index is 13.2. The number of nitriles is 1. The van der Waals surface area contributed by atoms with Gasteiger partial charge in [0.2, 0.25) is 5.91 Å². The molecule has 0 saturated carbocycles. The zero-order valence-electron chi connectivity index (χ0n) is 17.8. The number of aromatic nitrogens is 2. The molecule has 3 N–H and O–H groups in total. The van der Waals surface area contributed by atoms with Gasteiger partial charge in [0.15, 0.2) is 0 Å². The smallest absolute Gasteiger partial charge is 0.246 e. The normalized spacial score (nSPS) is 11.5. The van der Waals surface area contributed by atoms with Crippen LogP contribution in [0.5, 0.6) is 0 Å². The summed E-state index contributed by atoms with van der Waals surface area (Å²) in [5, 5.41) is 22.5. The summed E-state index contributed by atoms with van der Waals surface area (Å²) in [5.74, 6) is -0.173. The van der Waals surface area contributed by atoms with E-state index in [0.717, 1.165) is 28.7 Å². The Bertz CT molecular complexity index is 1250. The van der Waals surface area contributed by atoms with Crippen molar-refractivity contribution in [3.05, 3.63) is 107 Å². The standard InChI is InChI=1S/C26H22ClN5O/c27-24-14-22(10-11-23(24)21-16-30-31-17-21)32-26(33)25(20-4-2-1-3-5-20)29-13-12-18-6-8-19(15-28)9-7-18/h1-11,14,16-17,25,29H,12-13H2,(H,30,31)(H,32,33). The van der Waals surface area contributed by atoms with Crippen LogP contribution in [0.3, 0.4) is 0 Å². The second kappa shape index (κ2) is 10.6. The monoisotopic (exact) mass is 455 g/mol. The second-order valence-electron chi connectivity index (χ2n) is 7.53. The highest BCUT2D eigenvalue weighted by molar-refractivity contribution is 6.33. The maximum absolute atomic E-state index is 13.2. The number of hydrogen-bond donors (Lipinski definition) is 3. The number of rotatable bonds is 8. The van der Waals surface area contributed by atoms with Crippen molar-refractivity contribution >= 4 is 23.2 Å². The van der Waals surface area contributed by atoms with E-state index >= 15 is 0 Å². The van der Waals surface area contributed by atoms with Crippen LogP contribution in [-0.4, -0.2) is 22.6 Å². The largest absolute Gasteiger partial charge is 0.324 e. The van der Waals surface area contributed by atoms with Gasteiger partial charge in [-0.1, -0.05) is 60.1 Å². The fourth-order valence-electron chi connectivity index (χ4n) is 3.55. The van der Waals surface area contributed by atoms with Gasteiger partial charge in [-0.25, -0.2) is 0 Å². The van der Waals surface area contributed by atoms with Crippen molar-refractivity contribution in [1.29, 1.82) is 5.26 Å². The Hall–Kier alpha value is -3.92. The van der Waals surface area contributed by atoms with Crippen LogP contribution >= 0.6 is 11.6 Å². The van der Waals surface area contributed by atoms with Crippen LogP contribution in [0.1, 0.15) is 22.7 Å². The van der Waals surface area contributed by atoms with Crippen LogP contribution < -0.4 is 10.6 Å². The summed E-state index contributed by atoms with van der Waals surface area (Å²) in [6.45, 7) is 0.596. The van der Waals surface area contributed by atoms with Crippen LogP contribution in [0.2, 0.25) is 5.02 Å². The lowest BCUT2D eigenvalue weighted by atomic mass is 10.0. The highest BCUT2D eigenvalue weighted by atomic mass is 35.5. The van der Waals surface area contributed by atoms with E-state index in [4.69, 9.17) is 16.9 Å². The topological polar surface area (TPSA) is 93.6 Å². The summed E-state index contributed by atoms with van der Waals surface area (Å²) in [6.07, 6.45) is 4.19. The van der Waals surface area contributed by atoms with Crippen LogP contribution in [0.15, 0.2) is 85.2 Å². The molecule has 0 aliphatic carbocycles. The van der Waals surface area contributed by atoms with Crippen LogP contribution in [0.25, 0.3) is 11.1 Å². The first-order chi connectivity index (χ1) is 16.1. The van der Waals surface area contributed by atoms with Gasteiger partial charge in [-0.2, -0.15) is 10.4 Å². The summed E-state index contributed by atoms with van der Waals surface area (Å²) >= 11 is 6.45. The Morgan fingerprint density at radius 2 is 1.88 bits per heavy atom. The number of hydrogen-bond acceptors (Lipinski definition) is 4. The third kappa shape index (κ3) is 5.66. The fourth-order valence-corrected chi connectivity index (χ4v) is 3.84. The second-order valence-corrected chi connectivity index (χ2v) is 7.93. The lowest BCUT2D eigenvalue weighted by molar-refractivity contribution is -0.118. The number of benzene rings is 3. The van der Waals surface area contributed by atoms with Gasteiger partial charge in [0, 0.05) is 29.6 Å². The van der Waals surface area contributed by atoms with E-state index in [1.807, 2.05) is 54.6 Å². The van der Waals surface area contributed by atoms with Gasteiger partial charge >= 0.3 is 0 Å². The molecule has 0 spiro atoms. The van der Waals surface area contributed by atoms with Crippen molar-refractivity contribution in [3.63, 3.8) is 0 Å². The molecule has 1 heterocycles. The third-order valence-corrected chi connectivity index (χ3v) is 5.60. The molecule has 0 aliphatic rings. The van der Waals surface area contributed by atoms with E-state index in [2.05, 4.69) is 26.9 Å². The van der Waals surface area contributed by atoms with Crippen molar-refractivity contribution in [2.24, 2.45) is 0 Å². The number of nitrogens with zero attached hydrogens (tertiary/aromatic N) is 2. The maximum Gasteiger partial charge on any atom is 0.246 e. The van der Waals surface area contributed by atoms with Crippen molar-refractivity contribution in [2.45, 2.75) is 12.5 Å². The van der Waals surface area contributed by atoms with E-state index < -0.39 is 6.04 Å². The van der Waals surface area contributed by atoms with Crippen LogP contribution in [0, 0.1) is 11.3 Å². The average molecular weight is 456 g/mol. The van der Waals surface area contributed by atoms with Crippen LogP contribution in [0.4, 0.5) is 5.69 Å². The summed E-state index contributed by atoms with van der Waals surface area (Å²) in [4.78, 5) is 13.2. The van der Waals surface area contributed by atoms with E-state index in [-0.39, 0.29) is 5.91 Å². The number of anilines is 1. The molecule has 1 unspecified atom stereocenters. The molecule has 4 aromatic rings. The zero-order chi connectivity index (χ0) is 23.0.